The third-order valence-electron chi connectivity index (χ3n) is 4.66. The van der Waals surface area contributed by atoms with E-state index in [0.29, 0.717) is 25.0 Å². The van der Waals surface area contributed by atoms with Crippen molar-refractivity contribution in [2.75, 3.05) is 32.7 Å². The number of piperidine rings is 1. The van der Waals surface area contributed by atoms with Crippen LogP contribution in [-0.2, 0) is 4.79 Å². The Kier molecular flexibility index (Phi) is 7.28. The maximum atomic E-state index is 11.6. The number of aromatic nitrogens is 2. The zero-order valence-electron chi connectivity index (χ0n) is 15.9. The van der Waals surface area contributed by atoms with Crippen molar-refractivity contribution in [3.05, 3.63) is 18.7 Å². The second-order valence-corrected chi connectivity index (χ2v) is 6.97. The number of nitrogens with zero attached hydrogens (tertiary/aromatic N) is 4. The second kappa shape index (κ2) is 9.44. The molecule has 2 N–H and O–H groups in total. The summed E-state index contributed by atoms with van der Waals surface area (Å²) < 4.78 is 2.20. The lowest BCUT2D eigenvalue weighted by molar-refractivity contribution is -0.123. The van der Waals surface area contributed by atoms with Crippen LogP contribution in [0.1, 0.15) is 40.2 Å². The predicted molar refractivity (Wildman–Crippen MR) is 100 cm³/mol. The standard InChI is InChI=1S/C18H32N6O/c1-5-20-18(22-8-7-21-17(25)14(2)3)23-10-6-15(4)16(12-23)24-11-9-19-13-24/h9,11,13-16H,5-8,10,12H2,1-4H3,(H,20,22)(H,21,25). The third-order valence-corrected chi connectivity index (χ3v) is 4.66. The average Bonchev–Trinajstić information content (AvgIpc) is 3.12. The molecule has 0 spiro atoms. The molecule has 2 heterocycles. The lowest BCUT2D eigenvalue weighted by Gasteiger charge is -2.39. The summed E-state index contributed by atoms with van der Waals surface area (Å²) >= 11 is 0. The van der Waals surface area contributed by atoms with Gasteiger partial charge < -0.3 is 20.1 Å². The highest BCUT2D eigenvalue weighted by molar-refractivity contribution is 5.80. The maximum Gasteiger partial charge on any atom is 0.222 e. The van der Waals surface area contributed by atoms with E-state index in [2.05, 4.69) is 38.9 Å². The van der Waals surface area contributed by atoms with Crippen LogP contribution < -0.4 is 10.6 Å². The van der Waals surface area contributed by atoms with E-state index in [1.54, 1.807) is 0 Å². The number of hydrogen-bond donors (Lipinski definition) is 2. The molecule has 7 heteroatoms. The molecule has 1 aromatic rings. The first-order chi connectivity index (χ1) is 12.0. The molecule has 0 radical (unpaired) electrons. The molecule has 140 valence electrons. The van der Waals surface area contributed by atoms with Crippen molar-refractivity contribution in [3.63, 3.8) is 0 Å². The molecule has 1 fully saturated rings. The highest BCUT2D eigenvalue weighted by Crippen LogP contribution is 2.27. The Labute approximate surface area is 150 Å². The van der Waals surface area contributed by atoms with E-state index in [9.17, 15) is 4.79 Å². The van der Waals surface area contributed by atoms with Gasteiger partial charge in [0, 0.05) is 44.5 Å². The van der Waals surface area contributed by atoms with Gasteiger partial charge in [0.25, 0.3) is 0 Å². The largest absolute Gasteiger partial charge is 0.357 e. The van der Waals surface area contributed by atoms with Crippen molar-refractivity contribution >= 4 is 11.9 Å². The van der Waals surface area contributed by atoms with Crippen LogP contribution >= 0.6 is 0 Å². The molecule has 2 rings (SSSR count). The Bertz CT molecular complexity index is 554. The zero-order chi connectivity index (χ0) is 18.2. The number of guanidine groups is 1. The van der Waals surface area contributed by atoms with Gasteiger partial charge in [-0.25, -0.2) is 4.98 Å². The summed E-state index contributed by atoms with van der Waals surface area (Å²) in [4.78, 5) is 22.8. The molecule has 2 atom stereocenters. The van der Waals surface area contributed by atoms with Gasteiger partial charge in [0.05, 0.1) is 18.9 Å². The lowest BCUT2D eigenvalue weighted by Crippen LogP contribution is -2.49. The fraction of sp³-hybridized carbons (Fsp3) is 0.722. The summed E-state index contributed by atoms with van der Waals surface area (Å²) in [5, 5.41) is 6.30. The van der Waals surface area contributed by atoms with Gasteiger partial charge in [-0.05, 0) is 19.3 Å². The van der Waals surface area contributed by atoms with E-state index in [-0.39, 0.29) is 11.8 Å². The maximum absolute atomic E-state index is 11.6. The Morgan fingerprint density at radius 1 is 1.40 bits per heavy atom. The van der Waals surface area contributed by atoms with E-state index in [1.165, 1.54) is 0 Å². The molecule has 1 aliphatic heterocycles. The Balaban J connectivity index is 1.96. The number of nitrogens with one attached hydrogen (secondary N) is 2. The fourth-order valence-corrected chi connectivity index (χ4v) is 3.07. The lowest BCUT2D eigenvalue weighted by atomic mass is 9.93. The molecule has 0 bridgehead atoms. The van der Waals surface area contributed by atoms with Gasteiger partial charge in [-0.2, -0.15) is 0 Å². The van der Waals surface area contributed by atoms with E-state index in [4.69, 9.17) is 4.99 Å². The van der Waals surface area contributed by atoms with Crippen LogP contribution in [0.3, 0.4) is 0 Å². The molecule has 2 unspecified atom stereocenters. The summed E-state index contributed by atoms with van der Waals surface area (Å²) in [6, 6.07) is 0.403. The molecule has 25 heavy (non-hydrogen) atoms. The van der Waals surface area contributed by atoms with Gasteiger partial charge in [-0.3, -0.25) is 9.79 Å². The molecule has 0 aliphatic carbocycles. The number of carbonyl (C=O) groups is 1. The van der Waals surface area contributed by atoms with Gasteiger partial charge in [0.1, 0.15) is 0 Å². The molecule has 0 aromatic carbocycles. The zero-order valence-corrected chi connectivity index (χ0v) is 15.9. The van der Waals surface area contributed by atoms with Crippen LogP contribution in [0.25, 0.3) is 0 Å². The summed E-state index contributed by atoms with van der Waals surface area (Å²) in [6.45, 7) is 12.1. The molecule has 1 aliphatic rings. The van der Waals surface area contributed by atoms with Crippen LogP contribution in [-0.4, -0.2) is 59.0 Å². The first kappa shape index (κ1) is 19.3. The molecular formula is C18H32N6O. The van der Waals surface area contributed by atoms with Gasteiger partial charge >= 0.3 is 0 Å². The average molecular weight is 348 g/mol. The summed E-state index contributed by atoms with van der Waals surface area (Å²) in [5.74, 6) is 1.63. The number of amides is 1. The fourth-order valence-electron chi connectivity index (χ4n) is 3.07. The number of hydrogen-bond acceptors (Lipinski definition) is 3. The quantitative estimate of drug-likeness (QED) is 0.464. The number of imidazole rings is 1. The van der Waals surface area contributed by atoms with Crippen LogP contribution in [0.15, 0.2) is 23.7 Å². The first-order valence-corrected chi connectivity index (χ1v) is 9.31. The molecular weight excluding hydrogens is 316 g/mol. The SMILES string of the molecule is CCNC(=NCCNC(=O)C(C)C)N1CCC(C)C(n2ccnc2)C1. The molecule has 1 amide bonds. The Morgan fingerprint density at radius 2 is 2.20 bits per heavy atom. The minimum atomic E-state index is 0.0109. The van der Waals surface area contributed by atoms with Gasteiger partial charge in [-0.1, -0.05) is 20.8 Å². The van der Waals surface area contributed by atoms with Crippen LogP contribution in [0.4, 0.5) is 0 Å². The summed E-state index contributed by atoms with van der Waals surface area (Å²) in [7, 11) is 0. The topological polar surface area (TPSA) is 74.6 Å². The number of aliphatic imine (C=N–C) groups is 1. The summed E-state index contributed by atoms with van der Waals surface area (Å²) in [5.41, 5.74) is 0. The highest BCUT2D eigenvalue weighted by atomic mass is 16.1. The van der Waals surface area contributed by atoms with Crippen molar-refractivity contribution in [1.82, 2.24) is 25.1 Å². The molecule has 7 nitrogen and oxygen atoms in total. The van der Waals surface area contributed by atoms with Crippen LogP contribution in [0, 0.1) is 11.8 Å². The number of rotatable bonds is 6. The highest BCUT2D eigenvalue weighted by Gasteiger charge is 2.28. The van der Waals surface area contributed by atoms with E-state index in [0.717, 1.165) is 32.0 Å². The monoisotopic (exact) mass is 348 g/mol. The van der Waals surface area contributed by atoms with Gasteiger partial charge in [0.2, 0.25) is 5.91 Å². The molecule has 1 saturated heterocycles. The van der Waals surface area contributed by atoms with Crippen molar-refractivity contribution in [2.45, 2.75) is 40.2 Å². The minimum absolute atomic E-state index is 0.0109. The smallest absolute Gasteiger partial charge is 0.222 e. The van der Waals surface area contributed by atoms with E-state index < -0.39 is 0 Å². The minimum Gasteiger partial charge on any atom is -0.357 e. The van der Waals surface area contributed by atoms with Crippen molar-refractivity contribution in [1.29, 1.82) is 0 Å². The third kappa shape index (κ3) is 5.47. The van der Waals surface area contributed by atoms with E-state index >= 15 is 0 Å². The number of likely N-dealkylation sites (tertiary alicyclic amines) is 1. The van der Waals surface area contributed by atoms with E-state index in [1.807, 2.05) is 32.6 Å². The normalized spacial score (nSPS) is 21.5. The summed E-state index contributed by atoms with van der Waals surface area (Å²) in [6.07, 6.45) is 6.89. The first-order valence-electron chi connectivity index (χ1n) is 9.31. The molecule has 1 aromatic heterocycles. The van der Waals surface area contributed by atoms with Crippen molar-refractivity contribution in [2.24, 2.45) is 16.8 Å². The van der Waals surface area contributed by atoms with Crippen molar-refractivity contribution < 1.29 is 4.79 Å². The van der Waals surface area contributed by atoms with Crippen molar-refractivity contribution in [3.8, 4) is 0 Å². The van der Waals surface area contributed by atoms with Crippen LogP contribution in [0.5, 0.6) is 0 Å². The van der Waals surface area contributed by atoms with Gasteiger partial charge in [0.15, 0.2) is 5.96 Å². The predicted octanol–water partition coefficient (Wildman–Crippen LogP) is 1.50. The second-order valence-electron chi connectivity index (χ2n) is 6.97. The Morgan fingerprint density at radius 3 is 2.84 bits per heavy atom. The van der Waals surface area contributed by atoms with Crippen LogP contribution in [0.2, 0.25) is 0 Å². The Hall–Kier alpha value is -2.05. The van der Waals surface area contributed by atoms with Gasteiger partial charge in [-0.15, -0.1) is 0 Å². The number of carbonyl (C=O) groups excluding carboxylic acids is 1. The molecule has 0 saturated carbocycles.